The summed E-state index contributed by atoms with van der Waals surface area (Å²) >= 11 is 0. The Hall–Kier alpha value is -3.66. The molecule has 0 amide bonds. The van der Waals surface area contributed by atoms with Crippen LogP contribution in [0.25, 0.3) is 33.2 Å². The van der Waals surface area contributed by atoms with Gasteiger partial charge < -0.3 is 4.74 Å². The van der Waals surface area contributed by atoms with Gasteiger partial charge in [0.15, 0.2) is 0 Å². The van der Waals surface area contributed by atoms with Crippen molar-refractivity contribution in [2.24, 2.45) is 0 Å². The van der Waals surface area contributed by atoms with Crippen LogP contribution in [-0.4, -0.2) is 17.1 Å². The van der Waals surface area contributed by atoms with Crippen molar-refractivity contribution in [3.8, 4) is 22.4 Å². The molecule has 2 heterocycles. The van der Waals surface area contributed by atoms with Crippen LogP contribution in [0.2, 0.25) is 0 Å². The van der Waals surface area contributed by atoms with Gasteiger partial charge in [0.25, 0.3) is 5.56 Å². The Labute approximate surface area is 174 Å². The molecule has 0 N–H and O–H groups in total. The van der Waals surface area contributed by atoms with Gasteiger partial charge in [0.05, 0.1) is 24.8 Å². The third-order valence-electron chi connectivity index (χ3n) is 5.74. The van der Waals surface area contributed by atoms with Crippen LogP contribution in [0, 0.1) is 0 Å². The number of aromatic nitrogens is 1. The molecule has 148 valence electrons. The maximum atomic E-state index is 13.6. The molecule has 5 rings (SSSR count). The van der Waals surface area contributed by atoms with Gasteiger partial charge in [-0.15, -0.1) is 0 Å². The largest absolute Gasteiger partial charge is 0.466 e. The topological polar surface area (TPSA) is 48.3 Å². The van der Waals surface area contributed by atoms with E-state index < -0.39 is 0 Å². The van der Waals surface area contributed by atoms with Crippen molar-refractivity contribution in [2.75, 3.05) is 6.61 Å². The molecular weight excluding hydrogens is 374 g/mol. The summed E-state index contributed by atoms with van der Waals surface area (Å²) in [5.41, 5.74) is 4.83. The Morgan fingerprint density at radius 1 is 0.900 bits per heavy atom. The zero-order valence-corrected chi connectivity index (χ0v) is 16.7. The number of esters is 1. The normalized spacial score (nSPS) is 14.4. The molecular formula is C26H21NO3. The first kappa shape index (κ1) is 18.4. The highest BCUT2D eigenvalue weighted by Gasteiger charge is 2.34. The van der Waals surface area contributed by atoms with Crippen LogP contribution in [0.3, 0.4) is 0 Å². The van der Waals surface area contributed by atoms with Crippen LogP contribution in [0.1, 0.15) is 24.9 Å². The van der Waals surface area contributed by atoms with E-state index in [4.69, 9.17) is 4.74 Å². The summed E-state index contributed by atoms with van der Waals surface area (Å²) in [6, 6.07) is 25.4. The predicted octanol–water partition coefficient (Wildman–Crippen LogP) is 5.19. The van der Waals surface area contributed by atoms with Crippen molar-refractivity contribution in [2.45, 2.75) is 19.4 Å². The van der Waals surface area contributed by atoms with Gasteiger partial charge in [-0.2, -0.15) is 0 Å². The van der Waals surface area contributed by atoms with E-state index in [-0.39, 0.29) is 24.0 Å². The lowest BCUT2D eigenvalue weighted by Gasteiger charge is -2.19. The molecule has 0 saturated heterocycles. The van der Waals surface area contributed by atoms with Gasteiger partial charge in [-0.25, -0.2) is 0 Å². The third kappa shape index (κ3) is 2.76. The molecule has 4 nitrogen and oxygen atoms in total. The second-order valence-electron chi connectivity index (χ2n) is 7.42. The summed E-state index contributed by atoms with van der Waals surface area (Å²) in [6.45, 7) is 2.11. The van der Waals surface area contributed by atoms with Crippen LogP contribution in [-0.2, 0) is 9.53 Å². The van der Waals surface area contributed by atoms with E-state index in [1.807, 2.05) is 66.7 Å². The Morgan fingerprint density at radius 2 is 1.57 bits per heavy atom. The molecule has 0 bridgehead atoms. The molecule has 1 unspecified atom stereocenters. The van der Waals surface area contributed by atoms with Crippen molar-refractivity contribution in [3.63, 3.8) is 0 Å². The molecule has 1 atom stereocenters. The maximum absolute atomic E-state index is 13.6. The fourth-order valence-electron chi connectivity index (χ4n) is 4.55. The first-order valence-electron chi connectivity index (χ1n) is 10.2. The predicted molar refractivity (Wildman–Crippen MR) is 118 cm³/mol. The van der Waals surface area contributed by atoms with E-state index in [1.54, 1.807) is 11.5 Å². The lowest BCUT2D eigenvalue weighted by atomic mass is 9.93. The summed E-state index contributed by atoms with van der Waals surface area (Å²) in [5, 5.41) is 1.58. The van der Waals surface area contributed by atoms with Crippen molar-refractivity contribution in [1.29, 1.82) is 0 Å². The van der Waals surface area contributed by atoms with Gasteiger partial charge in [0.2, 0.25) is 0 Å². The van der Waals surface area contributed by atoms with Gasteiger partial charge in [0.1, 0.15) is 0 Å². The number of rotatable bonds is 4. The highest BCUT2D eigenvalue weighted by atomic mass is 16.5. The fourth-order valence-corrected chi connectivity index (χ4v) is 4.55. The van der Waals surface area contributed by atoms with E-state index in [0.717, 1.165) is 33.3 Å². The minimum absolute atomic E-state index is 0.0780. The molecule has 3 aromatic carbocycles. The molecule has 30 heavy (non-hydrogen) atoms. The average Bonchev–Trinajstić information content (AvgIpc) is 3.09. The monoisotopic (exact) mass is 395 g/mol. The molecule has 0 radical (unpaired) electrons. The van der Waals surface area contributed by atoms with Gasteiger partial charge >= 0.3 is 5.97 Å². The van der Waals surface area contributed by atoms with E-state index in [2.05, 4.69) is 12.1 Å². The molecule has 1 aliphatic heterocycles. The highest BCUT2D eigenvalue weighted by molar-refractivity contribution is 6.04. The Bertz CT molecular complexity index is 1320. The van der Waals surface area contributed by atoms with Gasteiger partial charge in [-0.05, 0) is 29.5 Å². The summed E-state index contributed by atoms with van der Waals surface area (Å²) in [4.78, 5) is 26.0. The first-order valence-corrected chi connectivity index (χ1v) is 10.2. The van der Waals surface area contributed by atoms with Crippen molar-refractivity contribution in [1.82, 2.24) is 4.57 Å². The van der Waals surface area contributed by atoms with Crippen LogP contribution in [0.15, 0.2) is 83.7 Å². The lowest BCUT2D eigenvalue weighted by Crippen LogP contribution is -2.26. The number of fused-ring (bicyclic) bond motifs is 4. The summed E-state index contributed by atoms with van der Waals surface area (Å²) in [6.07, 6.45) is 0.129. The van der Waals surface area contributed by atoms with Gasteiger partial charge in [-0.3, -0.25) is 14.2 Å². The van der Waals surface area contributed by atoms with Crippen LogP contribution in [0.5, 0.6) is 0 Å². The Balaban J connectivity index is 1.89. The summed E-state index contributed by atoms with van der Waals surface area (Å²) < 4.78 is 7.02. The van der Waals surface area contributed by atoms with E-state index in [9.17, 15) is 9.59 Å². The zero-order valence-electron chi connectivity index (χ0n) is 16.7. The van der Waals surface area contributed by atoms with Crippen LogP contribution in [0.4, 0.5) is 0 Å². The Morgan fingerprint density at radius 3 is 2.33 bits per heavy atom. The maximum Gasteiger partial charge on any atom is 0.308 e. The van der Waals surface area contributed by atoms with Crippen molar-refractivity contribution in [3.05, 3.63) is 94.8 Å². The number of nitrogens with zero attached hydrogens (tertiary/aromatic N) is 1. The van der Waals surface area contributed by atoms with Gasteiger partial charge in [-0.1, -0.05) is 72.8 Å². The fraction of sp³-hybridized carbons (Fsp3) is 0.154. The second kappa shape index (κ2) is 7.30. The van der Waals surface area contributed by atoms with Gasteiger partial charge in [0, 0.05) is 16.5 Å². The smallest absolute Gasteiger partial charge is 0.308 e. The average molecular weight is 395 g/mol. The molecule has 0 spiro atoms. The highest BCUT2D eigenvalue weighted by Crippen LogP contribution is 2.46. The number of benzene rings is 3. The van der Waals surface area contributed by atoms with Crippen LogP contribution < -0.4 is 5.56 Å². The van der Waals surface area contributed by atoms with Crippen molar-refractivity contribution >= 4 is 16.7 Å². The SMILES string of the molecule is CCOC(=O)CC1c2ccccc2-c2c(-c3ccccc3)c3ccccc3c(=O)n21. The van der Waals surface area contributed by atoms with Crippen molar-refractivity contribution < 1.29 is 9.53 Å². The number of hydrogen-bond donors (Lipinski definition) is 0. The molecule has 1 aromatic heterocycles. The van der Waals surface area contributed by atoms with E-state index in [1.165, 1.54) is 0 Å². The quantitative estimate of drug-likeness (QED) is 0.447. The molecule has 4 heteroatoms. The number of pyridine rings is 1. The zero-order chi connectivity index (χ0) is 20.7. The molecule has 0 saturated carbocycles. The molecule has 4 aromatic rings. The number of hydrogen-bond acceptors (Lipinski definition) is 3. The minimum Gasteiger partial charge on any atom is -0.466 e. The number of carbonyl (C=O) groups excluding carboxylic acids is 1. The number of carbonyl (C=O) groups is 1. The molecule has 0 fully saturated rings. The van der Waals surface area contributed by atoms with E-state index >= 15 is 0 Å². The second-order valence-corrected chi connectivity index (χ2v) is 7.42. The summed E-state index contributed by atoms with van der Waals surface area (Å²) in [7, 11) is 0. The third-order valence-corrected chi connectivity index (χ3v) is 5.74. The summed E-state index contributed by atoms with van der Waals surface area (Å²) in [5.74, 6) is -0.300. The van der Waals surface area contributed by atoms with E-state index in [0.29, 0.717) is 12.0 Å². The van der Waals surface area contributed by atoms with Crippen LogP contribution >= 0.6 is 0 Å². The first-order chi connectivity index (χ1) is 14.7. The lowest BCUT2D eigenvalue weighted by molar-refractivity contribution is -0.143. The minimum atomic E-state index is -0.380. The molecule has 1 aliphatic rings. The Kier molecular flexibility index (Phi) is 4.47. The molecule has 0 aliphatic carbocycles. The number of ether oxygens (including phenoxy) is 1. The standard InChI is InChI=1S/C26H21NO3/c1-2-30-23(28)16-22-18-12-6-8-14-20(18)25-24(17-10-4-3-5-11-17)19-13-7-9-15-21(19)26(29)27(22)25/h3-15,22H,2,16H2,1H3.